The number of piperidine rings is 1. The highest BCUT2D eigenvalue weighted by Crippen LogP contribution is 2.33. The van der Waals surface area contributed by atoms with Crippen LogP contribution < -0.4 is 5.32 Å². The van der Waals surface area contributed by atoms with Gasteiger partial charge in [-0.1, -0.05) is 6.42 Å². The van der Waals surface area contributed by atoms with E-state index in [-0.39, 0.29) is 5.91 Å². The number of aryl methyl sites for hydroxylation is 2. The van der Waals surface area contributed by atoms with E-state index in [0.717, 1.165) is 30.9 Å². The Balaban J connectivity index is 1.86. The van der Waals surface area contributed by atoms with Crippen molar-refractivity contribution in [2.24, 2.45) is 14.1 Å². The Labute approximate surface area is 143 Å². The van der Waals surface area contributed by atoms with Crippen molar-refractivity contribution >= 4 is 5.91 Å². The quantitative estimate of drug-likeness (QED) is 0.935. The van der Waals surface area contributed by atoms with E-state index in [1.807, 2.05) is 29.4 Å². The molecule has 3 rings (SSSR count). The minimum Gasteiger partial charge on any atom is -0.354 e. The van der Waals surface area contributed by atoms with Crippen LogP contribution >= 0.6 is 0 Å². The molecular formula is C18H27N5O. The summed E-state index contributed by atoms with van der Waals surface area (Å²) in [6, 6.07) is 4.38. The number of likely N-dealkylation sites (tertiary alicyclic amines) is 1. The van der Waals surface area contributed by atoms with Gasteiger partial charge in [0, 0.05) is 45.1 Å². The van der Waals surface area contributed by atoms with E-state index >= 15 is 0 Å². The molecule has 0 aliphatic carbocycles. The minimum atomic E-state index is -0.0331. The van der Waals surface area contributed by atoms with E-state index in [4.69, 9.17) is 0 Å². The van der Waals surface area contributed by atoms with Crippen molar-refractivity contribution in [2.75, 3.05) is 13.6 Å². The number of nitrogens with one attached hydrogen (secondary N) is 1. The highest BCUT2D eigenvalue weighted by Gasteiger charge is 2.28. The smallest absolute Gasteiger partial charge is 0.267 e. The van der Waals surface area contributed by atoms with Crippen molar-refractivity contribution in [1.29, 1.82) is 0 Å². The van der Waals surface area contributed by atoms with Crippen LogP contribution in [0, 0.1) is 6.92 Å². The fourth-order valence-corrected chi connectivity index (χ4v) is 3.76. The lowest BCUT2D eigenvalue weighted by Crippen LogP contribution is -2.34. The van der Waals surface area contributed by atoms with Crippen molar-refractivity contribution in [1.82, 2.24) is 24.6 Å². The molecular weight excluding hydrogens is 302 g/mol. The van der Waals surface area contributed by atoms with Crippen molar-refractivity contribution in [3.8, 4) is 0 Å². The molecule has 3 heterocycles. The van der Waals surface area contributed by atoms with Crippen LogP contribution in [-0.4, -0.2) is 38.7 Å². The first-order valence-electron chi connectivity index (χ1n) is 8.62. The van der Waals surface area contributed by atoms with Crippen molar-refractivity contribution in [3.63, 3.8) is 0 Å². The summed E-state index contributed by atoms with van der Waals surface area (Å²) in [7, 11) is 5.63. The van der Waals surface area contributed by atoms with Gasteiger partial charge in [0.25, 0.3) is 5.91 Å². The van der Waals surface area contributed by atoms with E-state index in [1.54, 1.807) is 7.05 Å². The topological polar surface area (TPSA) is 55.1 Å². The molecule has 1 aliphatic rings. The van der Waals surface area contributed by atoms with Gasteiger partial charge in [0.2, 0.25) is 0 Å². The Morgan fingerprint density at radius 2 is 2.12 bits per heavy atom. The second-order valence-corrected chi connectivity index (χ2v) is 6.68. The summed E-state index contributed by atoms with van der Waals surface area (Å²) < 4.78 is 3.92. The minimum absolute atomic E-state index is 0.0331. The molecule has 130 valence electrons. The van der Waals surface area contributed by atoms with Crippen LogP contribution in [-0.2, 0) is 20.6 Å². The lowest BCUT2D eigenvalue weighted by atomic mass is 9.98. The van der Waals surface area contributed by atoms with Crippen molar-refractivity contribution in [3.05, 3.63) is 41.0 Å². The second kappa shape index (κ2) is 6.81. The van der Waals surface area contributed by atoms with Gasteiger partial charge in [0.1, 0.15) is 5.69 Å². The lowest BCUT2D eigenvalue weighted by Gasteiger charge is -2.36. The number of aromatic nitrogens is 3. The third kappa shape index (κ3) is 3.11. The zero-order valence-corrected chi connectivity index (χ0v) is 15.0. The van der Waals surface area contributed by atoms with Gasteiger partial charge in [0.15, 0.2) is 0 Å². The normalized spacial score (nSPS) is 18.8. The first kappa shape index (κ1) is 16.8. The van der Waals surface area contributed by atoms with E-state index < -0.39 is 0 Å². The van der Waals surface area contributed by atoms with Crippen molar-refractivity contribution < 1.29 is 4.79 Å². The number of amides is 1. The van der Waals surface area contributed by atoms with Gasteiger partial charge in [-0.25, -0.2) is 0 Å². The Bertz CT molecular complexity index is 730. The number of rotatable bonds is 4. The van der Waals surface area contributed by atoms with E-state index in [0.29, 0.717) is 6.04 Å². The number of nitrogens with zero attached hydrogens (tertiary/aromatic N) is 4. The van der Waals surface area contributed by atoms with Gasteiger partial charge < -0.3 is 9.88 Å². The molecule has 0 unspecified atom stereocenters. The molecule has 0 saturated carbocycles. The Hall–Kier alpha value is -2.08. The third-order valence-corrected chi connectivity index (χ3v) is 5.06. The molecule has 2 aromatic rings. The summed E-state index contributed by atoms with van der Waals surface area (Å²) in [5, 5.41) is 7.18. The van der Waals surface area contributed by atoms with Gasteiger partial charge in [-0.3, -0.25) is 14.4 Å². The van der Waals surface area contributed by atoms with Crippen LogP contribution in [0.1, 0.15) is 52.7 Å². The standard InChI is InChI=1S/C18H27N5O/c1-13-14(11-21(3)20-13)12-23-10-6-5-7-16(23)15-8-9-17(22(15)4)18(24)19-2/h8-9,11,16H,5-7,10,12H2,1-4H3,(H,19,24)/t16-/m0/s1. The summed E-state index contributed by atoms with van der Waals surface area (Å²) in [5.74, 6) is -0.0331. The third-order valence-electron chi connectivity index (χ3n) is 5.06. The van der Waals surface area contributed by atoms with E-state index in [9.17, 15) is 4.79 Å². The summed E-state index contributed by atoms with van der Waals surface area (Å²) in [5.41, 5.74) is 4.32. The molecule has 0 spiro atoms. The Morgan fingerprint density at radius 3 is 2.79 bits per heavy atom. The molecule has 6 nitrogen and oxygen atoms in total. The highest BCUT2D eigenvalue weighted by atomic mass is 16.1. The predicted octanol–water partition coefficient (Wildman–Crippen LogP) is 2.15. The predicted molar refractivity (Wildman–Crippen MR) is 93.8 cm³/mol. The molecule has 6 heteroatoms. The SMILES string of the molecule is CNC(=O)c1ccc([C@@H]2CCCCN2Cc2cn(C)nc2C)n1C. The molecule has 0 radical (unpaired) electrons. The fraction of sp³-hybridized carbons (Fsp3) is 0.556. The molecule has 24 heavy (non-hydrogen) atoms. The van der Waals surface area contributed by atoms with E-state index in [1.165, 1.54) is 24.1 Å². The number of hydrogen-bond acceptors (Lipinski definition) is 3. The maximum Gasteiger partial charge on any atom is 0.267 e. The molecule has 1 aliphatic heterocycles. The van der Waals surface area contributed by atoms with Gasteiger partial charge in [-0.2, -0.15) is 5.10 Å². The second-order valence-electron chi connectivity index (χ2n) is 6.68. The van der Waals surface area contributed by atoms with Crippen LogP contribution in [0.4, 0.5) is 0 Å². The van der Waals surface area contributed by atoms with Crippen LogP contribution in [0.2, 0.25) is 0 Å². The average molecular weight is 329 g/mol. The molecule has 2 aromatic heterocycles. The zero-order chi connectivity index (χ0) is 17.3. The van der Waals surface area contributed by atoms with Gasteiger partial charge in [-0.15, -0.1) is 0 Å². The molecule has 1 atom stereocenters. The van der Waals surface area contributed by atoms with Crippen LogP contribution in [0.3, 0.4) is 0 Å². The van der Waals surface area contributed by atoms with Crippen LogP contribution in [0.15, 0.2) is 18.3 Å². The summed E-state index contributed by atoms with van der Waals surface area (Å²) in [6.07, 6.45) is 5.70. The summed E-state index contributed by atoms with van der Waals surface area (Å²) in [4.78, 5) is 14.5. The zero-order valence-electron chi connectivity index (χ0n) is 15.0. The number of carbonyl (C=O) groups excluding carboxylic acids is 1. The lowest BCUT2D eigenvalue weighted by molar-refractivity contribution is 0.0952. The highest BCUT2D eigenvalue weighted by molar-refractivity contribution is 5.92. The molecule has 1 amide bonds. The van der Waals surface area contributed by atoms with Crippen molar-refractivity contribution in [2.45, 2.75) is 38.8 Å². The number of carbonyl (C=O) groups is 1. The maximum absolute atomic E-state index is 12.0. The van der Waals surface area contributed by atoms with E-state index in [2.05, 4.69) is 34.5 Å². The molecule has 1 N–H and O–H groups in total. The van der Waals surface area contributed by atoms with Gasteiger partial charge in [-0.05, 0) is 38.4 Å². The summed E-state index contributed by atoms with van der Waals surface area (Å²) in [6.45, 7) is 4.06. The maximum atomic E-state index is 12.0. The first-order valence-corrected chi connectivity index (χ1v) is 8.62. The van der Waals surface area contributed by atoms with Gasteiger partial charge in [0.05, 0.1) is 11.7 Å². The Kier molecular flexibility index (Phi) is 4.76. The first-order chi connectivity index (χ1) is 11.5. The van der Waals surface area contributed by atoms with Gasteiger partial charge >= 0.3 is 0 Å². The summed E-state index contributed by atoms with van der Waals surface area (Å²) >= 11 is 0. The van der Waals surface area contributed by atoms with Crippen LogP contribution in [0.25, 0.3) is 0 Å². The number of hydrogen-bond donors (Lipinski definition) is 1. The Morgan fingerprint density at radius 1 is 1.33 bits per heavy atom. The largest absolute Gasteiger partial charge is 0.354 e. The molecule has 0 bridgehead atoms. The monoisotopic (exact) mass is 329 g/mol. The fourth-order valence-electron chi connectivity index (χ4n) is 3.76. The van der Waals surface area contributed by atoms with Crippen LogP contribution in [0.5, 0.6) is 0 Å². The molecule has 1 saturated heterocycles. The molecule has 1 fully saturated rings. The average Bonchev–Trinajstić information content (AvgIpc) is 3.09. The molecule has 0 aromatic carbocycles.